The second-order valence-corrected chi connectivity index (χ2v) is 12.0. The van der Waals surface area contributed by atoms with E-state index in [2.05, 4.69) is 56.5 Å². The molecule has 3 heterocycles. The Morgan fingerprint density at radius 2 is 1.82 bits per heavy atom. The third kappa shape index (κ3) is 5.59. The van der Waals surface area contributed by atoms with Gasteiger partial charge in [-0.3, -0.25) is 9.59 Å². The highest BCUT2D eigenvalue weighted by Gasteiger charge is 2.50. The number of rotatable bonds is 6. The molecule has 204 valence electrons. The Kier molecular flexibility index (Phi) is 7.49. The number of carbonyl (C=O) groups excluding carboxylic acids is 2. The number of amidine groups is 1. The molecule has 0 bridgehead atoms. The minimum Gasteiger partial charge on any atom is -0.352 e. The first-order valence-corrected chi connectivity index (χ1v) is 14.0. The Morgan fingerprint density at radius 1 is 1.11 bits per heavy atom. The van der Waals surface area contributed by atoms with Gasteiger partial charge in [0.15, 0.2) is 11.7 Å². The largest absolute Gasteiger partial charge is 0.352 e. The SMILES string of the molecule is CC(C)(C)C1CCC2(CC1)N=C(N1CCCCC1)C(=O)N2CCc1ccc(C(=O)NCc2nn[nH]n2)cc1. The fourth-order valence-corrected chi connectivity index (χ4v) is 6.15. The number of nitrogens with zero attached hydrogens (tertiary/aromatic N) is 6. The van der Waals surface area contributed by atoms with Crippen molar-refractivity contribution in [3.8, 4) is 0 Å². The zero-order valence-electron chi connectivity index (χ0n) is 22.9. The maximum absolute atomic E-state index is 13.8. The fourth-order valence-electron chi connectivity index (χ4n) is 6.15. The van der Waals surface area contributed by atoms with Gasteiger partial charge in [0, 0.05) is 25.2 Å². The summed E-state index contributed by atoms with van der Waals surface area (Å²) in [6.07, 6.45) is 8.25. The Labute approximate surface area is 224 Å². The van der Waals surface area contributed by atoms with Crippen molar-refractivity contribution in [3.63, 3.8) is 0 Å². The van der Waals surface area contributed by atoms with Gasteiger partial charge in [0.05, 0.1) is 6.54 Å². The Hall–Kier alpha value is -3.30. The van der Waals surface area contributed by atoms with E-state index in [9.17, 15) is 9.59 Å². The van der Waals surface area contributed by atoms with Crippen molar-refractivity contribution in [2.24, 2.45) is 16.3 Å². The molecule has 38 heavy (non-hydrogen) atoms. The van der Waals surface area contributed by atoms with E-state index in [-0.39, 0.29) is 23.8 Å². The molecule has 1 spiro atoms. The lowest BCUT2D eigenvalue weighted by molar-refractivity contribution is -0.130. The Bertz CT molecular complexity index is 1140. The van der Waals surface area contributed by atoms with Gasteiger partial charge in [-0.25, -0.2) is 4.99 Å². The summed E-state index contributed by atoms with van der Waals surface area (Å²) < 4.78 is 0. The maximum atomic E-state index is 13.8. The first kappa shape index (κ1) is 26.3. The lowest BCUT2D eigenvalue weighted by Gasteiger charge is -2.44. The van der Waals surface area contributed by atoms with Crippen LogP contribution < -0.4 is 5.32 Å². The van der Waals surface area contributed by atoms with E-state index in [1.165, 1.54) is 6.42 Å². The molecule has 10 heteroatoms. The molecule has 2 N–H and O–H groups in total. The number of hydrogen-bond donors (Lipinski definition) is 2. The molecule has 10 nitrogen and oxygen atoms in total. The normalized spacial score (nSPS) is 24.1. The van der Waals surface area contributed by atoms with Crippen LogP contribution >= 0.6 is 0 Å². The van der Waals surface area contributed by atoms with E-state index < -0.39 is 5.66 Å². The van der Waals surface area contributed by atoms with Gasteiger partial charge in [0.1, 0.15) is 5.66 Å². The molecule has 1 aromatic heterocycles. The van der Waals surface area contributed by atoms with Crippen LogP contribution in [0.15, 0.2) is 29.3 Å². The standard InChI is InChI=1S/C28H40N8O2/c1-27(2,3)22-11-14-28(15-12-22)30-24(35-16-5-4-6-17-35)26(38)36(28)18-13-20-7-9-21(10-8-20)25(37)29-19-23-31-33-34-32-23/h7-10,22H,4-6,11-19H2,1-3H3,(H,29,37)(H,31,32,33,34). The van der Waals surface area contributed by atoms with Gasteiger partial charge < -0.3 is 15.1 Å². The summed E-state index contributed by atoms with van der Waals surface area (Å²) in [5.41, 5.74) is 1.52. The third-order valence-corrected chi connectivity index (χ3v) is 8.56. The molecule has 2 amide bonds. The van der Waals surface area contributed by atoms with Gasteiger partial charge in [0.25, 0.3) is 11.8 Å². The molecule has 0 radical (unpaired) electrons. The van der Waals surface area contributed by atoms with Gasteiger partial charge in [0.2, 0.25) is 0 Å². The summed E-state index contributed by atoms with van der Waals surface area (Å²) >= 11 is 0. The van der Waals surface area contributed by atoms with E-state index >= 15 is 0 Å². The van der Waals surface area contributed by atoms with Gasteiger partial charge in [-0.2, -0.15) is 5.21 Å². The van der Waals surface area contributed by atoms with E-state index in [1.807, 2.05) is 24.3 Å². The molecular formula is C28H40N8O2. The maximum Gasteiger partial charge on any atom is 0.291 e. The van der Waals surface area contributed by atoms with Gasteiger partial charge in [-0.15, -0.1) is 10.2 Å². The van der Waals surface area contributed by atoms with Crippen molar-refractivity contribution in [2.75, 3.05) is 19.6 Å². The molecule has 2 aromatic rings. The summed E-state index contributed by atoms with van der Waals surface area (Å²) in [7, 11) is 0. The van der Waals surface area contributed by atoms with Crippen molar-refractivity contribution in [1.29, 1.82) is 0 Å². The van der Waals surface area contributed by atoms with Crippen LogP contribution in [0.25, 0.3) is 0 Å². The van der Waals surface area contributed by atoms with Crippen LogP contribution in [-0.2, 0) is 17.8 Å². The highest BCUT2D eigenvalue weighted by atomic mass is 16.2. The Balaban J connectivity index is 1.25. The molecule has 2 fully saturated rings. The molecule has 2 aliphatic heterocycles. The molecule has 1 aliphatic carbocycles. The van der Waals surface area contributed by atoms with Crippen LogP contribution in [0, 0.1) is 11.3 Å². The van der Waals surface area contributed by atoms with Crippen LogP contribution in [-0.4, -0.2) is 73.4 Å². The lowest BCUT2D eigenvalue weighted by atomic mass is 9.69. The zero-order valence-corrected chi connectivity index (χ0v) is 22.9. The monoisotopic (exact) mass is 520 g/mol. The number of hydrogen-bond acceptors (Lipinski definition) is 7. The van der Waals surface area contributed by atoms with Crippen molar-refractivity contribution >= 4 is 17.6 Å². The summed E-state index contributed by atoms with van der Waals surface area (Å²) in [4.78, 5) is 35.8. The van der Waals surface area contributed by atoms with Crippen LogP contribution in [0.4, 0.5) is 0 Å². The molecule has 0 atom stereocenters. The number of nitrogens with one attached hydrogen (secondary N) is 2. The first-order valence-electron chi connectivity index (χ1n) is 14.0. The number of aromatic amines is 1. The summed E-state index contributed by atoms with van der Waals surface area (Å²) in [5, 5.41) is 16.4. The minimum absolute atomic E-state index is 0.0959. The summed E-state index contributed by atoms with van der Waals surface area (Å²) in [5.74, 6) is 1.68. The molecule has 0 unspecified atom stereocenters. The second kappa shape index (κ2) is 10.8. The molecule has 3 aliphatic rings. The van der Waals surface area contributed by atoms with Crippen LogP contribution in [0.3, 0.4) is 0 Å². The number of aromatic nitrogens is 4. The highest BCUT2D eigenvalue weighted by molar-refractivity contribution is 6.39. The van der Waals surface area contributed by atoms with Crippen LogP contribution in [0.2, 0.25) is 0 Å². The minimum atomic E-state index is -0.416. The van der Waals surface area contributed by atoms with Gasteiger partial charge >= 0.3 is 0 Å². The van der Waals surface area contributed by atoms with Crippen molar-refractivity contribution < 1.29 is 9.59 Å². The van der Waals surface area contributed by atoms with Crippen molar-refractivity contribution in [3.05, 3.63) is 41.2 Å². The van der Waals surface area contributed by atoms with E-state index in [4.69, 9.17) is 4.99 Å². The number of amides is 2. The smallest absolute Gasteiger partial charge is 0.291 e. The number of likely N-dealkylation sites (tertiary alicyclic amines) is 1. The van der Waals surface area contributed by atoms with E-state index in [0.29, 0.717) is 29.7 Å². The number of benzene rings is 1. The second-order valence-electron chi connectivity index (χ2n) is 12.0. The number of tetrazole rings is 1. The fraction of sp³-hybridized carbons (Fsp3) is 0.643. The van der Waals surface area contributed by atoms with Crippen LogP contribution in [0.5, 0.6) is 0 Å². The summed E-state index contributed by atoms with van der Waals surface area (Å²) in [6, 6.07) is 7.60. The Morgan fingerprint density at radius 3 is 2.45 bits per heavy atom. The quantitative estimate of drug-likeness (QED) is 0.603. The number of piperidine rings is 1. The topological polar surface area (TPSA) is 119 Å². The number of H-pyrrole nitrogens is 1. The van der Waals surface area contributed by atoms with E-state index in [0.717, 1.165) is 63.6 Å². The van der Waals surface area contributed by atoms with Gasteiger partial charge in [-0.1, -0.05) is 38.1 Å². The first-order chi connectivity index (χ1) is 18.2. The molecule has 1 saturated heterocycles. The highest BCUT2D eigenvalue weighted by Crippen LogP contribution is 2.46. The van der Waals surface area contributed by atoms with Crippen molar-refractivity contribution in [1.82, 2.24) is 35.7 Å². The predicted octanol–water partition coefficient (Wildman–Crippen LogP) is 3.33. The predicted molar refractivity (Wildman–Crippen MR) is 144 cm³/mol. The number of carbonyl (C=O) groups is 2. The lowest BCUT2D eigenvalue weighted by Crippen LogP contribution is -2.51. The van der Waals surface area contributed by atoms with E-state index in [1.54, 1.807) is 0 Å². The van der Waals surface area contributed by atoms with Gasteiger partial charge in [-0.05, 0) is 80.4 Å². The average molecular weight is 521 g/mol. The van der Waals surface area contributed by atoms with Crippen LogP contribution in [0.1, 0.15) is 87.5 Å². The number of aliphatic imine (C=N–C) groups is 1. The molecular weight excluding hydrogens is 480 g/mol. The molecule has 1 aromatic carbocycles. The zero-order chi connectivity index (χ0) is 26.8. The molecule has 5 rings (SSSR count). The average Bonchev–Trinajstić information content (AvgIpc) is 3.53. The van der Waals surface area contributed by atoms with Crippen molar-refractivity contribution in [2.45, 2.75) is 84.3 Å². The molecule has 1 saturated carbocycles. The third-order valence-electron chi connectivity index (χ3n) is 8.56. The summed E-state index contributed by atoms with van der Waals surface area (Å²) in [6.45, 7) is 9.67.